The third-order valence-electron chi connectivity index (χ3n) is 6.24. The lowest BCUT2D eigenvalue weighted by atomic mass is 9.95. The highest BCUT2D eigenvalue weighted by Gasteiger charge is 2.20. The topological polar surface area (TPSA) is 110 Å². The summed E-state index contributed by atoms with van der Waals surface area (Å²) in [6.07, 6.45) is 6.41. The maximum absolute atomic E-state index is 12.9. The molecular formula is C23H30N6O3S. The minimum atomic E-state index is -0.217. The van der Waals surface area contributed by atoms with Gasteiger partial charge in [-0.05, 0) is 44.4 Å². The zero-order valence-corrected chi connectivity index (χ0v) is 20.1. The summed E-state index contributed by atoms with van der Waals surface area (Å²) in [5, 5.41) is 15.4. The number of benzene rings is 1. The molecule has 9 nitrogen and oxygen atoms in total. The summed E-state index contributed by atoms with van der Waals surface area (Å²) in [5.74, 6) is 0.332. The van der Waals surface area contributed by atoms with Crippen LogP contribution in [0.15, 0.2) is 28.2 Å². The maximum atomic E-state index is 12.9. The third kappa shape index (κ3) is 4.90. The van der Waals surface area contributed by atoms with E-state index in [0.29, 0.717) is 27.4 Å². The fourth-order valence-electron chi connectivity index (χ4n) is 4.15. The van der Waals surface area contributed by atoms with Crippen molar-refractivity contribution in [2.75, 3.05) is 5.75 Å². The van der Waals surface area contributed by atoms with E-state index in [-0.39, 0.29) is 35.2 Å². The molecule has 2 amide bonds. The SMILES string of the molecule is CCC(C)NC(=O)c1ccc2c(=O)n(C)c3nnc(SCC(=O)NC4CCCCC4)n3c2c1. The Balaban J connectivity index is 1.65. The molecule has 10 heteroatoms. The van der Waals surface area contributed by atoms with Crippen molar-refractivity contribution in [3.8, 4) is 0 Å². The van der Waals surface area contributed by atoms with Crippen molar-refractivity contribution in [2.24, 2.45) is 7.05 Å². The molecule has 0 radical (unpaired) electrons. The second-order valence-corrected chi connectivity index (χ2v) is 9.63. The van der Waals surface area contributed by atoms with Crippen molar-refractivity contribution >= 4 is 40.3 Å². The van der Waals surface area contributed by atoms with Gasteiger partial charge in [-0.15, -0.1) is 10.2 Å². The van der Waals surface area contributed by atoms with Crippen molar-refractivity contribution in [3.05, 3.63) is 34.1 Å². The lowest BCUT2D eigenvalue weighted by molar-refractivity contribution is -0.119. The first-order chi connectivity index (χ1) is 15.9. The molecule has 0 aliphatic heterocycles. The molecule has 0 saturated heterocycles. The Hall–Kier alpha value is -2.88. The third-order valence-corrected chi connectivity index (χ3v) is 7.17. The smallest absolute Gasteiger partial charge is 0.262 e. The maximum Gasteiger partial charge on any atom is 0.262 e. The lowest BCUT2D eigenvalue weighted by Crippen LogP contribution is -2.37. The average molecular weight is 471 g/mol. The van der Waals surface area contributed by atoms with Crippen LogP contribution in [0.5, 0.6) is 0 Å². The van der Waals surface area contributed by atoms with Crippen LogP contribution in [-0.4, -0.2) is 48.8 Å². The van der Waals surface area contributed by atoms with Gasteiger partial charge < -0.3 is 10.6 Å². The van der Waals surface area contributed by atoms with Crippen molar-refractivity contribution < 1.29 is 9.59 Å². The molecule has 1 saturated carbocycles. The molecule has 176 valence electrons. The molecular weight excluding hydrogens is 440 g/mol. The number of thioether (sulfide) groups is 1. The largest absolute Gasteiger partial charge is 0.353 e. The summed E-state index contributed by atoms with van der Waals surface area (Å²) in [6.45, 7) is 3.95. The van der Waals surface area contributed by atoms with E-state index in [2.05, 4.69) is 20.8 Å². The molecule has 1 aliphatic carbocycles. The van der Waals surface area contributed by atoms with E-state index in [1.165, 1.54) is 22.7 Å². The van der Waals surface area contributed by atoms with E-state index in [1.807, 2.05) is 13.8 Å². The van der Waals surface area contributed by atoms with Gasteiger partial charge in [0.2, 0.25) is 11.7 Å². The quantitative estimate of drug-likeness (QED) is 0.514. The van der Waals surface area contributed by atoms with Gasteiger partial charge in [0.25, 0.3) is 11.5 Å². The monoisotopic (exact) mass is 470 g/mol. The molecule has 3 aromatic rings. The fraction of sp³-hybridized carbons (Fsp3) is 0.522. The van der Waals surface area contributed by atoms with Crippen LogP contribution in [-0.2, 0) is 11.8 Å². The minimum Gasteiger partial charge on any atom is -0.353 e. The van der Waals surface area contributed by atoms with Crippen molar-refractivity contribution in [1.82, 2.24) is 29.8 Å². The van der Waals surface area contributed by atoms with Gasteiger partial charge in [-0.2, -0.15) is 0 Å². The molecule has 2 aromatic heterocycles. The first-order valence-electron chi connectivity index (χ1n) is 11.5. The Labute approximate surface area is 196 Å². The van der Waals surface area contributed by atoms with Gasteiger partial charge in [0.1, 0.15) is 0 Å². The Morgan fingerprint density at radius 2 is 1.97 bits per heavy atom. The lowest BCUT2D eigenvalue weighted by Gasteiger charge is -2.22. The first-order valence-corrected chi connectivity index (χ1v) is 12.5. The molecule has 4 rings (SSSR count). The summed E-state index contributed by atoms with van der Waals surface area (Å²) >= 11 is 1.27. The molecule has 1 unspecified atom stereocenters. The predicted octanol–water partition coefficient (Wildman–Crippen LogP) is 2.65. The van der Waals surface area contributed by atoms with Gasteiger partial charge in [-0.3, -0.25) is 23.4 Å². The highest BCUT2D eigenvalue weighted by atomic mass is 32.2. The minimum absolute atomic E-state index is 0.0357. The number of aryl methyl sites for hydroxylation is 1. The molecule has 1 atom stereocenters. The highest BCUT2D eigenvalue weighted by Crippen LogP contribution is 2.23. The highest BCUT2D eigenvalue weighted by molar-refractivity contribution is 7.99. The van der Waals surface area contributed by atoms with Crippen molar-refractivity contribution in [2.45, 2.75) is 69.6 Å². The second kappa shape index (κ2) is 9.94. The van der Waals surface area contributed by atoms with Gasteiger partial charge in [-0.1, -0.05) is 37.9 Å². The fourth-order valence-corrected chi connectivity index (χ4v) is 4.90. The normalized spacial score (nSPS) is 15.6. The van der Waals surface area contributed by atoms with Gasteiger partial charge in [0, 0.05) is 24.7 Å². The van der Waals surface area contributed by atoms with Gasteiger partial charge in [0.05, 0.1) is 16.7 Å². The van der Waals surface area contributed by atoms with Crippen LogP contribution in [0, 0.1) is 0 Å². The molecule has 33 heavy (non-hydrogen) atoms. The van der Waals surface area contributed by atoms with E-state index in [9.17, 15) is 14.4 Å². The van der Waals surface area contributed by atoms with Crippen LogP contribution in [0.1, 0.15) is 62.7 Å². The van der Waals surface area contributed by atoms with Gasteiger partial charge >= 0.3 is 0 Å². The predicted molar refractivity (Wildman–Crippen MR) is 129 cm³/mol. The Morgan fingerprint density at radius 1 is 1.21 bits per heavy atom. The summed E-state index contributed by atoms with van der Waals surface area (Å²) in [4.78, 5) is 38.0. The number of carbonyl (C=O) groups excluding carboxylic acids is 2. The zero-order valence-electron chi connectivity index (χ0n) is 19.3. The summed E-state index contributed by atoms with van der Waals surface area (Å²) < 4.78 is 3.18. The molecule has 2 heterocycles. The van der Waals surface area contributed by atoms with E-state index >= 15 is 0 Å². The number of hydrogen-bond donors (Lipinski definition) is 2. The number of aromatic nitrogens is 4. The van der Waals surface area contributed by atoms with Crippen molar-refractivity contribution in [1.29, 1.82) is 0 Å². The summed E-state index contributed by atoms with van der Waals surface area (Å²) in [6, 6.07) is 5.29. The standard InChI is InChI=1S/C23H30N6O3S/c1-4-14(2)24-20(31)15-10-11-17-18(12-15)29-22(28(3)21(17)32)26-27-23(29)33-13-19(30)25-16-8-6-5-7-9-16/h10-12,14,16H,4-9,13H2,1-3H3,(H,24,31)(H,25,30). The van der Waals surface area contributed by atoms with E-state index in [1.54, 1.807) is 29.6 Å². The van der Waals surface area contributed by atoms with Crippen LogP contribution < -0.4 is 16.2 Å². The van der Waals surface area contributed by atoms with Crippen LogP contribution in [0.2, 0.25) is 0 Å². The number of carbonyl (C=O) groups is 2. The number of nitrogens with zero attached hydrogens (tertiary/aromatic N) is 4. The van der Waals surface area contributed by atoms with E-state index in [0.717, 1.165) is 32.1 Å². The van der Waals surface area contributed by atoms with Crippen LogP contribution in [0.25, 0.3) is 16.7 Å². The van der Waals surface area contributed by atoms with Crippen LogP contribution in [0.4, 0.5) is 0 Å². The Kier molecular flexibility index (Phi) is 7.02. The van der Waals surface area contributed by atoms with Crippen LogP contribution in [0.3, 0.4) is 0 Å². The van der Waals surface area contributed by atoms with Crippen molar-refractivity contribution in [3.63, 3.8) is 0 Å². The molecule has 2 N–H and O–H groups in total. The second-order valence-electron chi connectivity index (χ2n) is 8.69. The number of fused-ring (bicyclic) bond motifs is 3. The summed E-state index contributed by atoms with van der Waals surface area (Å²) in [7, 11) is 1.64. The number of rotatable bonds is 7. The van der Waals surface area contributed by atoms with Crippen LogP contribution >= 0.6 is 11.8 Å². The van der Waals surface area contributed by atoms with E-state index < -0.39 is 0 Å². The molecule has 0 bridgehead atoms. The summed E-state index contributed by atoms with van der Waals surface area (Å²) in [5.41, 5.74) is 0.785. The molecule has 1 aliphatic rings. The zero-order chi connectivity index (χ0) is 23.5. The first kappa shape index (κ1) is 23.3. The van der Waals surface area contributed by atoms with E-state index in [4.69, 9.17) is 0 Å². The molecule has 1 aromatic carbocycles. The number of nitrogens with one attached hydrogen (secondary N) is 2. The van der Waals surface area contributed by atoms with Gasteiger partial charge in [0.15, 0.2) is 5.16 Å². The Morgan fingerprint density at radius 3 is 2.70 bits per heavy atom. The molecule has 1 fully saturated rings. The molecule has 0 spiro atoms. The average Bonchev–Trinajstić information content (AvgIpc) is 3.25. The number of hydrogen-bond acceptors (Lipinski definition) is 6. The number of amides is 2. The van der Waals surface area contributed by atoms with Gasteiger partial charge in [-0.25, -0.2) is 0 Å². The Bertz CT molecular complexity index is 1240.